The van der Waals surface area contributed by atoms with E-state index in [0.717, 1.165) is 12.1 Å². The van der Waals surface area contributed by atoms with E-state index >= 15 is 0 Å². The van der Waals surface area contributed by atoms with Gasteiger partial charge in [0, 0.05) is 18.8 Å². The number of carbonyl (C=O) groups excluding carboxylic acids is 1. The second-order valence-corrected chi connectivity index (χ2v) is 3.86. The van der Waals surface area contributed by atoms with Crippen LogP contribution in [0.4, 0.5) is 23.7 Å². The molecule has 5 nitrogen and oxygen atoms in total. The zero-order valence-corrected chi connectivity index (χ0v) is 11.9. The summed E-state index contributed by atoms with van der Waals surface area (Å²) in [5.41, 5.74) is 4.72. The van der Waals surface area contributed by atoms with E-state index in [-0.39, 0.29) is 24.6 Å². The molecule has 120 valence electrons. The van der Waals surface area contributed by atoms with Gasteiger partial charge in [-0.2, -0.15) is 13.2 Å². The van der Waals surface area contributed by atoms with Gasteiger partial charge in [-0.3, -0.25) is 0 Å². The van der Waals surface area contributed by atoms with Crippen molar-refractivity contribution < 1.29 is 22.7 Å². The number of benzene rings is 1. The first-order chi connectivity index (χ1) is 9.43. The number of nitrogens with one attached hydrogen (secondary N) is 2. The van der Waals surface area contributed by atoms with Crippen molar-refractivity contribution >= 4 is 24.1 Å². The Hall–Kier alpha value is -1.51. The minimum Gasteiger partial charge on any atom is -0.378 e. The van der Waals surface area contributed by atoms with E-state index in [9.17, 15) is 18.0 Å². The Kier molecular flexibility index (Phi) is 8.75. The summed E-state index contributed by atoms with van der Waals surface area (Å²) in [6, 6.07) is 3.67. The van der Waals surface area contributed by atoms with Crippen LogP contribution in [0, 0.1) is 0 Å². The number of amides is 2. The molecule has 21 heavy (non-hydrogen) atoms. The van der Waals surface area contributed by atoms with Gasteiger partial charge in [0.05, 0.1) is 18.8 Å². The summed E-state index contributed by atoms with van der Waals surface area (Å²) in [6.07, 6.45) is -4.39. The van der Waals surface area contributed by atoms with Gasteiger partial charge in [-0.15, -0.1) is 12.4 Å². The normalized spacial score (nSPS) is 10.7. The molecule has 0 bridgehead atoms. The Labute approximate surface area is 126 Å². The lowest BCUT2D eigenvalue weighted by Crippen LogP contribution is -2.31. The van der Waals surface area contributed by atoms with Gasteiger partial charge in [0.1, 0.15) is 0 Å². The van der Waals surface area contributed by atoms with Crippen molar-refractivity contribution in [3.8, 4) is 0 Å². The third-order valence-corrected chi connectivity index (χ3v) is 2.26. The molecule has 9 heteroatoms. The molecular weight excluding hydrogens is 311 g/mol. The van der Waals surface area contributed by atoms with Gasteiger partial charge in [0.25, 0.3) is 0 Å². The highest BCUT2D eigenvalue weighted by molar-refractivity contribution is 5.89. The number of rotatable bonds is 6. The Morgan fingerprint density at radius 2 is 1.81 bits per heavy atom. The van der Waals surface area contributed by atoms with Crippen LogP contribution in [0.2, 0.25) is 0 Å². The number of anilines is 1. The zero-order chi connectivity index (χ0) is 15.0. The third-order valence-electron chi connectivity index (χ3n) is 2.26. The molecule has 0 unspecified atom stereocenters. The molecule has 1 rings (SSSR count). The van der Waals surface area contributed by atoms with Gasteiger partial charge < -0.3 is 21.1 Å². The van der Waals surface area contributed by atoms with E-state index in [4.69, 9.17) is 10.5 Å². The summed E-state index contributed by atoms with van der Waals surface area (Å²) in [5.74, 6) is 0. The summed E-state index contributed by atoms with van der Waals surface area (Å²) in [5, 5.41) is 4.91. The zero-order valence-electron chi connectivity index (χ0n) is 11.1. The number of alkyl halides is 3. The molecule has 0 heterocycles. The van der Waals surface area contributed by atoms with E-state index in [1.807, 2.05) is 0 Å². The van der Waals surface area contributed by atoms with E-state index in [1.165, 1.54) is 12.1 Å². The first-order valence-electron chi connectivity index (χ1n) is 5.93. The van der Waals surface area contributed by atoms with Crippen LogP contribution in [0.1, 0.15) is 5.56 Å². The summed E-state index contributed by atoms with van der Waals surface area (Å²) >= 11 is 0. The van der Waals surface area contributed by atoms with Crippen LogP contribution in [0.15, 0.2) is 24.3 Å². The average Bonchev–Trinajstić information content (AvgIpc) is 2.38. The highest BCUT2D eigenvalue weighted by atomic mass is 35.5. The number of hydrogen-bond donors (Lipinski definition) is 3. The largest absolute Gasteiger partial charge is 0.416 e. The number of ether oxygens (including phenoxy) is 1. The molecule has 0 spiro atoms. The molecule has 0 fully saturated rings. The lowest BCUT2D eigenvalue weighted by atomic mass is 10.2. The maximum absolute atomic E-state index is 12.3. The molecule has 4 N–H and O–H groups in total. The minimum absolute atomic E-state index is 0. The van der Waals surface area contributed by atoms with Gasteiger partial charge in [-0.1, -0.05) is 0 Å². The molecule has 0 saturated carbocycles. The van der Waals surface area contributed by atoms with Crippen LogP contribution in [0.25, 0.3) is 0 Å². The molecule has 0 aliphatic heterocycles. The first-order valence-corrected chi connectivity index (χ1v) is 5.93. The van der Waals surface area contributed by atoms with Gasteiger partial charge in [0.2, 0.25) is 0 Å². The van der Waals surface area contributed by atoms with Crippen LogP contribution in [-0.2, 0) is 10.9 Å². The summed E-state index contributed by atoms with van der Waals surface area (Å²) in [6.45, 7) is 1.41. The quantitative estimate of drug-likeness (QED) is 0.701. The predicted octanol–water partition coefficient (Wildman–Crippen LogP) is 2.22. The second-order valence-electron chi connectivity index (χ2n) is 3.86. The summed E-state index contributed by atoms with van der Waals surface area (Å²) < 4.78 is 42.0. The van der Waals surface area contributed by atoms with Gasteiger partial charge in [-0.25, -0.2) is 4.79 Å². The molecule has 0 aliphatic carbocycles. The van der Waals surface area contributed by atoms with E-state index in [2.05, 4.69) is 10.6 Å². The maximum Gasteiger partial charge on any atom is 0.416 e. The Balaban J connectivity index is 0.00000400. The Morgan fingerprint density at radius 1 is 1.19 bits per heavy atom. The van der Waals surface area contributed by atoms with Crippen molar-refractivity contribution in [3.05, 3.63) is 29.8 Å². The Morgan fingerprint density at radius 3 is 2.33 bits per heavy atom. The van der Waals surface area contributed by atoms with Crippen LogP contribution in [0.5, 0.6) is 0 Å². The Bertz CT molecular complexity index is 427. The molecular formula is C12H17ClF3N3O2. The standard InChI is InChI=1S/C12H16F3N3O2.ClH/c13-12(14,15)9-1-3-10(4-2-9)18-11(19)17-6-8-20-7-5-16;/h1-4H,5-8,16H2,(H2,17,18,19);1H. The number of hydrogen-bond acceptors (Lipinski definition) is 3. The lowest BCUT2D eigenvalue weighted by Gasteiger charge is -2.10. The van der Waals surface area contributed by atoms with Gasteiger partial charge in [-0.05, 0) is 24.3 Å². The molecule has 0 aromatic heterocycles. The maximum atomic E-state index is 12.3. The smallest absolute Gasteiger partial charge is 0.378 e. The average molecular weight is 328 g/mol. The fourth-order valence-electron chi connectivity index (χ4n) is 1.34. The number of halogens is 4. The first kappa shape index (κ1) is 19.5. The van der Waals surface area contributed by atoms with Gasteiger partial charge in [0.15, 0.2) is 0 Å². The van der Waals surface area contributed by atoms with Crippen molar-refractivity contribution in [1.29, 1.82) is 0 Å². The monoisotopic (exact) mass is 327 g/mol. The second kappa shape index (κ2) is 9.43. The van der Waals surface area contributed by atoms with Crippen molar-refractivity contribution in [2.24, 2.45) is 5.73 Å². The van der Waals surface area contributed by atoms with Crippen LogP contribution >= 0.6 is 12.4 Å². The van der Waals surface area contributed by atoms with Crippen molar-refractivity contribution in [3.63, 3.8) is 0 Å². The van der Waals surface area contributed by atoms with Gasteiger partial charge >= 0.3 is 12.2 Å². The highest BCUT2D eigenvalue weighted by Crippen LogP contribution is 2.29. The predicted molar refractivity (Wildman–Crippen MR) is 75.6 cm³/mol. The van der Waals surface area contributed by atoms with E-state index in [1.54, 1.807) is 0 Å². The molecule has 0 saturated heterocycles. The van der Waals surface area contributed by atoms with Crippen molar-refractivity contribution in [2.45, 2.75) is 6.18 Å². The summed E-state index contributed by atoms with van der Waals surface area (Å²) in [4.78, 5) is 11.4. The fraction of sp³-hybridized carbons (Fsp3) is 0.417. The number of carbonyl (C=O) groups is 1. The number of nitrogens with two attached hydrogens (primary N) is 1. The summed E-state index contributed by atoms with van der Waals surface area (Å²) in [7, 11) is 0. The molecule has 1 aromatic rings. The fourth-order valence-corrected chi connectivity index (χ4v) is 1.34. The topological polar surface area (TPSA) is 76.4 Å². The van der Waals surface area contributed by atoms with Crippen LogP contribution in [0.3, 0.4) is 0 Å². The van der Waals surface area contributed by atoms with E-state index in [0.29, 0.717) is 19.8 Å². The molecule has 0 aliphatic rings. The highest BCUT2D eigenvalue weighted by Gasteiger charge is 2.29. The van der Waals surface area contributed by atoms with Crippen LogP contribution < -0.4 is 16.4 Å². The lowest BCUT2D eigenvalue weighted by molar-refractivity contribution is -0.137. The molecule has 0 atom stereocenters. The SMILES string of the molecule is Cl.NCCOCCNC(=O)Nc1ccc(C(F)(F)F)cc1. The van der Waals surface area contributed by atoms with E-state index < -0.39 is 17.8 Å². The van der Waals surface area contributed by atoms with Crippen LogP contribution in [-0.4, -0.2) is 32.3 Å². The minimum atomic E-state index is -4.39. The number of urea groups is 1. The third kappa shape index (κ3) is 7.74. The van der Waals surface area contributed by atoms with Crippen molar-refractivity contribution in [2.75, 3.05) is 31.6 Å². The van der Waals surface area contributed by atoms with Crippen molar-refractivity contribution in [1.82, 2.24) is 5.32 Å². The molecule has 1 aromatic carbocycles. The molecule has 2 amide bonds. The molecule has 0 radical (unpaired) electrons.